The molecule has 2 fully saturated rings. The zero-order valence-corrected chi connectivity index (χ0v) is 21.9. The molecule has 2 aromatic carbocycles. The van der Waals surface area contributed by atoms with Crippen molar-refractivity contribution in [3.05, 3.63) is 71.8 Å². The van der Waals surface area contributed by atoms with Crippen molar-refractivity contribution in [2.45, 2.75) is 88.4 Å². The van der Waals surface area contributed by atoms with E-state index in [1.807, 2.05) is 60.7 Å². The molecule has 4 rings (SSSR count). The number of aliphatic hydroxyl groups is 4. The highest BCUT2D eigenvalue weighted by atomic mass is 16.7. The Kier molecular flexibility index (Phi) is 10.4. The Morgan fingerprint density at radius 2 is 1.41 bits per heavy atom. The first-order valence-corrected chi connectivity index (χ1v) is 13.0. The average molecular weight is 548 g/mol. The van der Waals surface area contributed by atoms with Gasteiger partial charge in [0.05, 0.1) is 25.9 Å². The summed E-state index contributed by atoms with van der Waals surface area (Å²) in [6.45, 7) is 2.73. The molecule has 2 aliphatic rings. The monoisotopic (exact) mass is 547 g/mol. The number of rotatable bonds is 10. The van der Waals surface area contributed by atoms with Crippen LogP contribution in [0.5, 0.6) is 0 Å². The molecule has 2 aliphatic heterocycles. The second kappa shape index (κ2) is 13.8. The van der Waals surface area contributed by atoms with Gasteiger partial charge in [0, 0.05) is 6.92 Å². The molecule has 2 heterocycles. The second-order valence-corrected chi connectivity index (χ2v) is 9.79. The molecule has 214 valence electrons. The molecule has 0 aromatic heterocycles. The fraction of sp³-hybridized carbons (Fsp3) is 0.536. The van der Waals surface area contributed by atoms with E-state index in [9.17, 15) is 25.2 Å². The summed E-state index contributed by atoms with van der Waals surface area (Å²) in [6, 6.07) is 17.7. The van der Waals surface area contributed by atoms with Crippen LogP contribution < -0.4 is 5.32 Å². The van der Waals surface area contributed by atoms with Gasteiger partial charge in [-0.15, -0.1) is 0 Å². The topological polar surface area (TPSA) is 156 Å². The maximum absolute atomic E-state index is 11.9. The van der Waals surface area contributed by atoms with Crippen molar-refractivity contribution in [2.24, 2.45) is 0 Å². The molecule has 0 saturated carbocycles. The Labute approximate surface area is 227 Å². The predicted molar refractivity (Wildman–Crippen MR) is 137 cm³/mol. The summed E-state index contributed by atoms with van der Waals surface area (Å²) in [7, 11) is 0. The molecule has 5 N–H and O–H groups in total. The van der Waals surface area contributed by atoms with E-state index in [0.717, 1.165) is 11.1 Å². The van der Waals surface area contributed by atoms with Gasteiger partial charge in [-0.3, -0.25) is 4.79 Å². The van der Waals surface area contributed by atoms with Gasteiger partial charge in [-0.1, -0.05) is 60.7 Å². The summed E-state index contributed by atoms with van der Waals surface area (Å²) < 4.78 is 30.2. The number of carbonyl (C=O) groups is 1. The maximum Gasteiger partial charge on any atom is 0.217 e. The lowest BCUT2D eigenvalue weighted by Crippen LogP contribution is -2.67. The molecule has 0 aliphatic carbocycles. The molecule has 2 saturated heterocycles. The minimum absolute atomic E-state index is 0.132. The van der Waals surface area contributed by atoms with Gasteiger partial charge in [0.2, 0.25) is 5.91 Å². The largest absolute Gasteiger partial charge is 0.394 e. The number of aliphatic hydroxyl groups excluding tert-OH is 4. The van der Waals surface area contributed by atoms with Gasteiger partial charge in [-0.25, -0.2) is 0 Å². The van der Waals surface area contributed by atoms with Crippen molar-refractivity contribution in [2.75, 3.05) is 6.61 Å². The average Bonchev–Trinajstić information content (AvgIpc) is 2.93. The normalized spacial score (nSPS) is 34.9. The zero-order chi connectivity index (χ0) is 27.9. The lowest BCUT2D eigenvalue weighted by molar-refractivity contribution is -0.349. The minimum atomic E-state index is -1.50. The van der Waals surface area contributed by atoms with Gasteiger partial charge in [0.15, 0.2) is 12.6 Å². The fourth-order valence-corrected chi connectivity index (χ4v) is 4.83. The van der Waals surface area contributed by atoms with E-state index in [1.54, 1.807) is 6.92 Å². The van der Waals surface area contributed by atoms with Gasteiger partial charge < -0.3 is 49.4 Å². The summed E-state index contributed by atoms with van der Waals surface area (Å²) in [5.74, 6) is -0.486. The molecule has 0 unspecified atom stereocenters. The summed E-state index contributed by atoms with van der Waals surface area (Å²) in [4.78, 5) is 11.9. The van der Waals surface area contributed by atoms with Crippen molar-refractivity contribution in [3.8, 4) is 0 Å². The number of hydrogen-bond acceptors (Lipinski definition) is 10. The molecular weight excluding hydrogens is 510 g/mol. The molecule has 0 spiro atoms. The highest BCUT2D eigenvalue weighted by molar-refractivity contribution is 5.73. The van der Waals surface area contributed by atoms with Crippen molar-refractivity contribution in [3.63, 3.8) is 0 Å². The van der Waals surface area contributed by atoms with Gasteiger partial charge in [0.25, 0.3) is 0 Å². The molecular formula is C28H37NO10. The van der Waals surface area contributed by atoms with Gasteiger partial charge in [-0.2, -0.15) is 0 Å². The van der Waals surface area contributed by atoms with Crippen LogP contribution in [0.3, 0.4) is 0 Å². The van der Waals surface area contributed by atoms with Crippen LogP contribution in [0.15, 0.2) is 60.7 Å². The second-order valence-electron chi connectivity index (χ2n) is 9.79. The van der Waals surface area contributed by atoms with E-state index < -0.39 is 73.9 Å². The number of amides is 1. The zero-order valence-electron chi connectivity index (χ0n) is 21.9. The Morgan fingerprint density at radius 3 is 1.95 bits per heavy atom. The van der Waals surface area contributed by atoms with Crippen molar-refractivity contribution >= 4 is 5.91 Å². The molecule has 1 amide bonds. The quantitative estimate of drug-likeness (QED) is 0.279. The van der Waals surface area contributed by atoms with Crippen LogP contribution in [-0.2, 0) is 41.7 Å². The van der Waals surface area contributed by atoms with E-state index in [2.05, 4.69) is 5.32 Å². The first-order chi connectivity index (χ1) is 18.8. The van der Waals surface area contributed by atoms with E-state index in [-0.39, 0.29) is 13.2 Å². The third kappa shape index (κ3) is 7.40. The lowest BCUT2D eigenvalue weighted by Gasteiger charge is -2.48. The van der Waals surface area contributed by atoms with E-state index in [0.29, 0.717) is 0 Å². The number of carbonyl (C=O) groups excluding carboxylic acids is 1. The first-order valence-electron chi connectivity index (χ1n) is 13.0. The molecule has 11 heteroatoms. The van der Waals surface area contributed by atoms with Crippen molar-refractivity contribution < 1.29 is 48.9 Å². The maximum atomic E-state index is 11.9. The molecule has 11 nitrogen and oxygen atoms in total. The van der Waals surface area contributed by atoms with Crippen molar-refractivity contribution in [1.82, 2.24) is 5.32 Å². The van der Waals surface area contributed by atoms with Crippen molar-refractivity contribution in [1.29, 1.82) is 0 Å². The Hall–Kier alpha value is -2.45. The molecule has 10 atom stereocenters. The Morgan fingerprint density at radius 1 is 0.846 bits per heavy atom. The summed E-state index contributed by atoms with van der Waals surface area (Å²) in [5, 5.41) is 44.3. The van der Waals surface area contributed by atoms with Gasteiger partial charge in [0.1, 0.15) is 42.7 Å². The third-order valence-electron chi connectivity index (χ3n) is 6.86. The number of ether oxygens (including phenoxy) is 5. The van der Waals surface area contributed by atoms with Crippen LogP contribution in [-0.4, -0.2) is 94.3 Å². The summed E-state index contributed by atoms with van der Waals surface area (Å²) in [5.41, 5.74) is 1.76. The van der Waals surface area contributed by atoms with E-state index >= 15 is 0 Å². The molecule has 39 heavy (non-hydrogen) atoms. The predicted octanol–water partition coefficient (Wildman–Crippen LogP) is 0.223. The van der Waals surface area contributed by atoms with E-state index in [1.165, 1.54) is 6.92 Å². The summed E-state index contributed by atoms with van der Waals surface area (Å²) >= 11 is 0. The number of hydrogen-bond donors (Lipinski definition) is 5. The van der Waals surface area contributed by atoms with Crippen LogP contribution in [0, 0.1) is 0 Å². The molecule has 2 aromatic rings. The van der Waals surface area contributed by atoms with Crippen LogP contribution in [0.1, 0.15) is 25.0 Å². The SMILES string of the molecule is CC(=O)N[C@@H]1[C@H](O[C@@H]2[C@@H](OCc3ccccc3)[C@H](C)O[C@@H](O)[C@@H]2OCc2ccccc2)O[C@H](CO)[C@@H](O)[C@@H]1O. The first kappa shape index (κ1) is 29.5. The summed E-state index contributed by atoms with van der Waals surface area (Å²) in [6.07, 6.45) is -10.3. The van der Waals surface area contributed by atoms with Crippen LogP contribution in [0.2, 0.25) is 0 Å². The highest BCUT2D eigenvalue weighted by Crippen LogP contribution is 2.32. The standard InChI is InChI=1S/C28H37NO10/c1-16-24(35-14-18-9-5-3-6-10-18)25(26(27(34)37-16)36-15-19-11-7-4-8-12-19)39-28-21(29-17(2)31)23(33)22(32)20(13-30)38-28/h3-12,16,20-28,30,32-34H,13-15H2,1-2H3,(H,29,31)/t16-,20+,21-,22+,23+,24-,25+,26+,27+,28-/m0/s1. The van der Waals surface area contributed by atoms with E-state index in [4.69, 9.17) is 23.7 Å². The number of benzene rings is 2. The number of nitrogens with one attached hydrogen (secondary N) is 1. The highest BCUT2D eigenvalue weighted by Gasteiger charge is 2.51. The lowest BCUT2D eigenvalue weighted by atomic mass is 9.95. The Balaban J connectivity index is 1.62. The fourth-order valence-electron chi connectivity index (χ4n) is 4.83. The van der Waals surface area contributed by atoms with Crippen LogP contribution in [0.4, 0.5) is 0 Å². The Bertz CT molecular complexity index is 972. The molecule has 0 bridgehead atoms. The van der Waals surface area contributed by atoms with Crippen LogP contribution >= 0.6 is 0 Å². The van der Waals surface area contributed by atoms with Crippen LogP contribution in [0.25, 0.3) is 0 Å². The minimum Gasteiger partial charge on any atom is -0.394 e. The smallest absolute Gasteiger partial charge is 0.217 e. The van der Waals surface area contributed by atoms with Gasteiger partial charge in [-0.05, 0) is 18.1 Å². The third-order valence-corrected chi connectivity index (χ3v) is 6.86. The molecule has 0 radical (unpaired) electrons. The van der Waals surface area contributed by atoms with Gasteiger partial charge >= 0.3 is 0 Å².